The van der Waals surface area contributed by atoms with Gasteiger partial charge in [0, 0.05) is 24.9 Å². The lowest BCUT2D eigenvalue weighted by molar-refractivity contribution is -0.384. The second-order valence-electron chi connectivity index (χ2n) is 5.84. The van der Waals surface area contributed by atoms with Crippen LogP contribution in [-0.4, -0.2) is 33.0 Å². The summed E-state index contributed by atoms with van der Waals surface area (Å²) in [5, 5.41) is 28.3. The van der Waals surface area contributed by atoms with Gasteiger partial charge in [-0.25, -0.2) is 4.68 Å². The van der Waals surface area contributed by atoms with Crippen molar-refractivity contribution < 1.29 is 10.0 Å². The fourth-order valence-corrected chi connectivity index (χ4v) is 2.35. The molecule has 0 aliphatic heterocycles. The van der Waals surface area contributed by atoms with Crippen molar-refractivity contribution in [1.29, 1.82) is 0 Å². The van der Waals surface area contributed by atoms with Crippen LogP contribution in [-0.2, 0) is 7.05 Å². The molecule has 1 heterocycles. The number of nitrogens with zero attached hydrogens (tertiary/aromatic N) is 3. The average Bonchev–Trinajstić information content (AvgIpc) is 2.78. The van der Waals surface area contributed by atoms with Crippen LogP contribution in [0.5, 0.6) is 0 Å². The average molecular weight is 298 g/mol. The van der Waals surface area contributed by atoms with Crippen molar-refractivity contribution in [2.75, 3.05) is 18.5 Å². The molecule has 0 bridgehead atoms. The maximum Gasteiger partial charge on any atom is 0.334 e. The SMILES string of the molecule is CCC(CC)(CO)CNc1c([N+](=O)[O-])c(C(C)C)nn1C. The Bertz CT molecular complexity index is 484. The molecule has 0 amide bonds. The molecule has 0 radical (unpaired) electrons. The second-order valence-corrected chi connectivity index (χ2v) is 5.84. The summed E-state index contributed by atoms with van der Waals surface area (Å²) in [5.41, 5.74) is 0.245. The van der Waals surface area contributed by atoms with Crippen LogP contribution in [0.3, 0.4) is 0 Å². The Morgan fingerprint density at radius 2 is 2.00 bits per heavy atom. The Balaban J connectivity index is 3.11. The minimum atomic E-state index is -0.386. The molecular formula is C14H26N4O3. The molecule has 7 nitrogen and oxygen atoms in total. The van der Waals surface area contributed by atoms with Crippen molar-refractivity contribution in [2.45, 2.75) is 46.5 Å². The monoisotopic (exact) mass is 298 g/mol. The Kier molecular flexibility index (Phi) is 5.71. The molecule has 0 unspecified atom stereocenters. The fourth-order valence-electron chi connectivity index (χ4n) is 2.35. The van der Waals surface area contributed by atoms with E-state index >= 15 is 0 Å². The van der Waals surface area contributed by atoms with Gasteiger partial charge in [0.2, 0.25) is 5.82 Å². The van der Waals surface area contributed by atoms with Crippen LogP contribution in [0, 0.1) is 15.5 Å². The molecular weight excluding hydrogens is 272 g/mol. The molecule has 0 aromatic carbocycles. The first kappa shape index (κ1) is 17.4. The quantitative estimate of drug-likeness (QED) is 0.568. The highest BCUT2D eigenvalue weighted by Gasteiger charge is 2.31. The summed E-state index contributed by atoms with van der Waals surface area (Å²) >= 11 is 0. The molecule has 0 spiro atoms. The molecule has 1 rings (SSSR count). The Labute approximate surface area is 125 Å². The maximum atomic E-state index is 11.4. The lowest BCUT2D eigenvalue weighted by Gasteiger charge is -2.29. The number of nitro groups is 1. The van der Waals surface area contributed by atoms with Gasteiger partial charge in [0.15, 0.2) is 0 Å². The van der Waals surface area contributed by atoms with E-state index in [1.54, 1.807) is 7.05 Å². The number of aliphatic hydroxyl groups excluding tert-OH is 1. The molecule has 1 aromatic heterocycles. The third-order valence-electron chi connectivity index (χ3n) is 4.24. The van der Waals surface area contributed by atoms with Crippen LogP contribution in [0.1, 0.15) is 52.1 Å². The fraction of sp³-hybridized carbons (Fsp3) is 0.786. The maximum absolute atomic E-state index is 11.4. The molecule has 120 valence electrons. The molecule has 2 N–H and O–H groups in total. The number of aryl methyl sites for hydroxylation is 1. The summed E-state index contributed by atoms with van der Waals surface area (Å²) in [4.78, 5) is 11.0. The zero-order valence-corrected chi connectivity index (χ0v) is 13.5. The molecule has 0 fully saturated rings. The zero-order valence-electron chi connectivity index (χ0n) is 13.5. The third-order valence-corrected chi connectivity index (χ3v) is 4.24. The van der Waals surface area contributed by atoms with Gasteiger partial charge in [0.05, 0.1) is 11.5 Å². The zero-order chi connectivity index (χ0) is 16.2. The van der Waals surface area contributed by atoms with Gasteiger partial charge >= 0.3 is 5.69 Å². The molecule has 21 heavy (non-hydrogen) atoms. The third kappa shape index (κ3) is 3.53. The normalized spacial score (nSPS) is 12.0. The van der Waals surface area contributed by atoms with Crippen LogP contribution >= 0.6 is 0 Å². The predicted molar refractivity (Wildman–Crippen MR) is 82.5 cm³/mol. The molecule has 0 aliphatic carbocycles. The summed E-state index contributed by atoms with van der Waals surface area (Å²) in [6.07, 6.45) is 1.60. The van der Waals surface area contributed by atoms with E-state index in [1.165, 1.54) is 4.68 Å². The Hall–Kier alpha value is -1.63. The summed E-state index contributed by atoms with van der Waals surface area (Å²) in [5.74, 6) is 0.385. The van der Waals surface area contributed by atoms with Crippen LogP contribution < -0.4 is 5.32 Å². The van der Waals surface area contributed by atoms with Crippen LogP contribution in [0.25, 0.3) is 0 Å². The molecule has 7 heteroatoms. The van der Waals surface area contributed by atoms with E-state index in [-0.39, 0.29) is 28.6 Å². The standard InChI is InChI=1S/C14H26N4O3/c1-6-14(7-2,9-19)8-15-13-12(18(20)21)11(10(3)4)16-17(13)5/h10,15,19H,6-9H2,1-5H3. The molecule has 1 aromatic rings. The summed E-state index contributed by atoms with van der Waals surface area (Å²) < 4.78 is 1.51. The van der Waals surface area contributed by atoms with Gasteiger partial charge in [-0.05, 0) is 12.8 Å². The lowest BCUT2D eigenvalue weighted by atomic mass is 9.83. The first-order chi connectivity index (χ1) is 9.81. The van der Waals surface area contributed by atoms with Crippen molar-refractivity contribution in [3.63, 3.8) is 0 Å². The highest BCUT2D eigenvalue weighted by Crippen LogP contribution is 2.34. The number of aliphatic hydroxyl groups is 1. The van der Waals surface area contributed by atoms with Crippen molar-refractivity contribution in [1.82, 2.24) is 9.78 Å². The van der Waals surface area contributed by atoms with E-state index in [1.807, 2.05) is 27.7 Å². The topological polar surface area (TPSA) is 93.2 Å². The van der Waals surface area contributed by atoms with Crippen LogP contribution in [0.4, 0.5) is 11.5 Å². The Morgan fingerprint density at radius 1 is 1.43 bits per heavy atom. The first-order valence-corrected chi connectivity index (χ1v) is 7.37. The van der Waals surface area contributed by atoms with Gasteiger partial charge in [-0.2, -0.15) is 5.10 Å². The van der Waals surface area contributed by atoms with E-state index in [0.717, 1.165) is 12.8 Å². The van der Waals surface area contributed by atoms with Gasteiger partial charge in [0.1, 0.15) is 5.69 Å². The van der Waals surface area contributed by atoms with Gasteiger partial charge < -0.3 is 10.4 Å². The van der Waals surface area contributed by atoms with Crippen molar-refractivity contribution in [3.05, 3.63) is 15.8 Å². The number of anilines is 1. The lowest BCUT2D eigenvalue weighted by Crippen LogP contribution is -2.32. The molecule has 0 atom stereocenters. The number of hydrogen-bond acceptors (Lipinski definition) is 5. The van der Waals surface area contributed by atoms with Crippen molar-refractivity contribution in [3.8, 4) is 0 Å². The number of nitrogens with one attached hydrogen (secondary N) is 1. The van der Waals surface area contributed by atoms with Crippen molar-refractivity contribution in [2.24, 2.45) is 12.5 Å². The second kappa shape index (κ2) is 6.89. The summed E-state index contributed by atoms with van der Waals surface area (Å²) in [6, 6.07) is 0. The molecule has 0 saturated heterocycles. The van der Waals surface area contributed by atoms with Crippen molar-refractivity contribution >= 4 is 11.5 Å². The van der Waals surface area contributed by atoms with Gasteiger partial charge in [-0.3, -0.25) is 10.1 Å². The van der Waals surface area contributed by atoms with E-state index in [9.17, 15) is 15.2 Å². The highest BCUT2D eigenvalue weighted by molar-refractivity contribution is 5.60. The predicted octanol–water partition coefficient (Wildman–Crippen LogP) is 2.66. The molecule has 0 saturated carbocycles. The van der Waals surface area contributed by atoms with Crippen LogP contribution in [0.2, 0.25) is 0 Å². The number of hydrogen-bond donors (Lipinski definition) is 2. The smallest absolute Gasteiger partial charge is 0.334 e. The molecule has 0 aliphatic rings. The first-order valence-electron chi connectivity index (χ1n) is 7.37. The summed E-state index contributed by atoms with van der Waals surface area (Å²) in [6.45, 7) is 8.33. The minimum Gasteiger partial charge on any atom is -0.396 e. The highest BCUT2D eigenvalue weighted by atomic mass is 16.6. The number of aromatic nitrogens is 2. The largest absolute Gasteiger partial charge is 0.396 e. The van der Waals surface area contributed by atoms with E-state index in [0.29, 0.717) is 18.1 Å². The van der Waals surface area contributed by atoms with Crippen LogP contribution in [0.15, 0.2) is 0 Å². The summed E-state index contributed by atoms with van der Waals surface area (Å²) in [7, 11) is 1.69. The van der Waals surface area contributed by atoms with Gasteiger partial charge in [0.25, 0.3) is 0 Å². The van der Waals surface area contributed by atoms with E-state index in [2.05, 4.69) is 10.4 Å². The minimum absolute atomic E-state index is 0.0212. The number of rotatable bonds is 8. The Morgan fingerprint density at radius 3 is 2.38 bits per heavy atom. The van der Waals surface area contributed by atoms with E-state index < -0.39 is 0 Å². The van der Waals surface area contributed by atoms with E-state index in [4.69, 9.17) is 0 Å². The van der Waals surface area contributed by atoms with Gasteiger partial charge in [-0.1, -0.05) is 27.7 Å². The van der Waals surface area contributed by atoms with Gasteiger partial charge in [-0.15, -0.1) is 0 Å².